The fourth-order valence-electron chi connectivity index (χ4n) is 3.49. The van der Waals surface area contributed by atoms with Crippen LogP contribution in [0.1, 0.15) is 38.3 Å². The van der Waals surface area contributed by atoms with Crippen molar-refractivity contribution in [3.63, 3.8) is 0 Å². The first-order chi connectivity index (χ1) is 14.0. The fourth-order valence-corrected chi connectivity index (χ4v) is 4.93. The highest BCUT2D eigenvalue weighted by atomic mass is 32.2. The molecule has 1 heterocycles. The first-order valence-corrected chi connectivity index (χ1v) is 11.3. The summed E-state index contributed by atoms with van der Waals surface area (Å²) in [6.07, 6.45) is 1.87. The van der Waals surface area contributed by atoms with E-state index in [4.69, 9.17) is 17.0 Å². The van der Waals surface area contributed by atoms with Gasteiger partial charge in [-0.05, 0) is 32.3 Å². The first kappa shape index (κ1) is 21.6. The smallest absolute Gasteiger partial charge is 0.338 e. The molecule has 1 N–H and O–H groups in total. The molecule has 0 unspecified atom stereocenters. The second kappa shape index (κ2) is 9.63. The van der Waals surface area contributed by atoms with Gasteiger partial charge in [-0.1, -0.05) is 54.3 Å². The van der Waals surface area contributed by atoms with Gasteiger partial charge < -0.3 is 15.0 Å². The Kier molecular flexibility index (Phi) is 7.18. The summed E-state index contributed by atoms with van der Waals surface area (Å²) in [5.74, 6) is 0.0291. The molecule has 0 aromatic heterocycles. The summed E-state index contributed by atoms with van der Waals surface area (Å²) >= 11 is 7.07. The number of carbonyl (C=O) groups is 2. The molecule has 1 aliphatic heterocycles. The Morgan fingerprint density at radius 2 is 1.93 bits per heavy atom. The Bertz CT molecular complexity index is 805. The molecule has 0 bridgehead atoms. The minimum atomic E-state index is -0.538. The summed E-state index contributed by atoms with van der Waals surface area (Å²) in [5, 5.41) is 3.01. The van der Waals surface area contributed by atoms with Gasteiger partial charge in [-0.15, -0.1) is 0 Å². The van der Waals surface area contributed by atoms with Crippen molar-refractivity contribution in [1.82, 2.24) is 15.1 Å². The van der Waals surface area contributed by atoms with E-state index in [2.05, 4.69) is 24.1 Å². The second-order valence-corrected chi connectivity index (χ2v) is 8.58. The highest BCUT2D eigenvalue weighted by Gasteiger charge is 2.44. The number of thioether (sulfide) groups is 1. The lowest BCUT2D eigenvalue weighted by atomic mass is 9.95. The molecule has 1 atom stereocenters. The number of thiocarbonyl (C=S) groups is 1. The van der Waals surface area contributed by atoms with Crippen LogP contribution in [0.5, 0.6) is 0 Å². The summed E-state index contributed by atoms with van der Waals surface area (Å²) in [7, 11) is 1.38. The molecule has 2 amide bonds. The molecule has 29 heavy (non-hydrogen) atoms. The summed E-state index contributed by atoms with van der Waals surface area (Å²) < 4.78 is 5.89. The van der Waals surface area contributed by atoms with E-state index in [9.17, 15) is 9.59 Å². The monoisotopic (exact) mass is 433 g/mol. The van der Waals surface area contributed by atoms with Crippen LogP contribution in [0.15, 0.2) is 41.6 Å². The van der Waals surface area contributed by atoms with Crippen molar-refractivity contribution in [2.24, 2.45) is 0 Å². The van der Waals surface area contributed by atoms with E-state index in [0.717, 1.165) is 35.8 Å². The van der Waals surface area contributed by atoms with Crippen LogP contribution in [-0.4, -0.2) is 58.1 Å². The number of esters is 1. The quantitative estimate of drug-likeness (QED) is 0.523. The Morgan fingerprint density at radius 1 is 1.28 bits per heavy atom. The standard InChI is InChI=1S/C21H27N3O3S2/c1-4-23(5-2)21(28)29-13-16-17(19(25)27-3)18(14-9-7-6-8-10-14)22-20(26)24(16)15-11-12-15/h6-10,15,18H,4-5,11-13H2,1-3H3,(H,22,26)/t18-/m1/s1. The van der Waals surface area contributed by atoms with Gasteiger partial charge >= 0.3 is 12.0 Å². The van der Waals surface area contributed by atoms with E-state index in [-0.39, 0.29) is 12.1 Å². The van der Waals surface area contributed by atoms with Crippen LogP contribution in [0.2, 0.25) is 0 Å². The highest BCUT2D eigenvalue weighted by Crippen LogP contribution is 2.39. The minimum Gasteiger partial charge on any atom is -0.466 e. The van der Waals surface area contributed by atoms with E-state index in [1.807, 2.05) is 30.3 Å². The molecule has 0 radical (unpaired) electrons. The number of hydrogen-bond acceptors (Lipinski definition) is 5. The van der Waals surface area contributed by atoms with Gasteiger partial charge in [0.25, 0.3) is 0 Å². The largest absolute Gasteiger partial charge is 0.466 e. The van der Waals surface area contributed by atoms with Gasteiger partial charge in [-0.3, -0.25) is 4.90 Å². The Balaban J connectivity index is 2.01. The maximum atomic E-state index is 13.0. The molecule has 156 valence electrons. The van der Waals surface area contributed by atoms with Crippen LogP contribution in [0.4, 0.5) is 4.79 Å². The van der Waals surface area contributed by atoms with Crippen LogP contribution in [0.25, 0.3) is 0 Å². The number of amides is 2. The van der Waals surface area contributed by atoms with Gasteiger partial charge in [0.2, 0.25) is 0 Å². The number of ether oxygens (including phenoxy) is 1. The maximum absolute atomic E-state index is 13.0. The normalized spacial score (nSPS) is 19.1. The van der Waals surface area contributed by atoms with Gasteiger partial charge in [0.15, 0.2) is 0 Å². The van der Waals surface area contributed by atoms with E-state index in [1.54, 1.807) is 4.90 Å². The molecule has 8 heteroatoms. The summed E-state index contributed by atoms with van der Waals surface area (Å²) in [5.41, 5.74) is 2.04. The number of nitrogens with one attached hydrogen (secondary N) is 1. The number of urea groups is 1. The molecule has 1 aliphatic carbocycles. The first-order valence-electron chi connectivity index (χ1n) is 9.89. The number of benzene rings is 1. The van der Waals surface area contributed by atoms with Crippen molar-refractivity contribution < 1.29 is 14.3 Å². The molecule has 1 aromatic rings. The number of nitrogens with zero attached hydrogens (tertiary/aromatic N) is 2. The van der Waals surface area contributed by atoms with E-state index < -0.39 is 12.0 Å². The second-order valence-electron chi connectivity index (χ2n) is 6.97. The van der Waals surface area contributed by atoms with E-state index in [1.165, 1.54) is 18.9 Å². The van der Waals surface area contributed by atoms with Gasteiger partial charge in [0.05, 0.1) is 18.7 Å². The van der Waals surface area contributed by atoms with Crippen molar-refractivity contribution in [2.75, 3.05) is 26.0 Å². The molecule has 1 aromatic carbocycles. The Labute approximate surface area is 181 Å². The molecule has 1 fully saturated rings. The summed E-state index contributed by atoms with van der Waals surface area (Å²) in [4.78, 5) is 29.7. The zero-order valence-electron chi connectivity index (χ0n) is 17.0. The van der Waals surface area contributed by atoms with Crippen LogP contribution >= 0.6 is 24.0 Å². The van der Waals surface area contributed by atoms with Crippen molar-refractivity contribution in [1.29, 1.82) is 0 Å². The van der Waals surface area contributed by atoms with Crippen LogP contribution in [-0.2, 0) is 9.53 Å². The van der Waals surface area contributed by atoms with Crippen molar-refractivity contribution in [3.8, 4) is 0 Å². The molecule has 0 saturated heterocycles. The SMILES string of the molecule is CCN(CC)C(=S)SCC1=C(C(=O)OC)[C@@H](c2ccccc2)NC(=O)N1C1CC1. The summed E-state index contributed by atoms with van der Waals surface area (Å²) in [6, 6.07) is 8.94. The molecular formula is C21H27N3O3S2. The van der Waals surface area contributed by atoms with Crippen molar-refractivity contribution in [3.05, 3.63) is 47.2 Å². The van der Waals surface area contributed by atoms with E-state index in [0.29, 0.717) is 17.0 Å². The lowest BCUT2D eigenvalue weighted by Crippen LogP contribution is -2.50. The van der Waals surface area contributed by atoms with Gasteiger partial charge in [-0.25, -0.2) is 9.59 Å². The van der Waals surface area contributed by atoms with E-state index >= 15 is 0 Å². The van der Waals surface area contributed by atoms with Crippen molar-refractivity contribution in [2.45, 2.75) is 38.8 Å². The molecule has 0 spiro atoms. The lowest BCUT2D eigenvalue weighted by molar-refractivity contribution is -0.136. The average Bonchev–Trinajstić information content (AvgIpc) is 3.57. The van der Waals surface area contributed by atoms with Gasteiger partial charge in [-0.2, -0.15) is 0 Å². The number of methoxy groups -OCH3 is 1. The fraction of sp³-hybridized carbons (Fsp3) is 0.476. The number of rotatable bonds is 7. The topological polar surface area (TPSA) is 61.9 Å². The zero-order chi connectivity index (χ0) is 21.0. The Hall–Kier alpha value is -2.06. The van der Waals surface area contributed by atoms with Gasteiger partial charge in [0, 0.05) is 30.6 Å². The average molecular weight is 434 g/mol. The molecule has 1 saturated carbocycles. The Morgan fingerprint density at radius 3 is 2.48 bits per heavy atom. The third-order valence-electron chi connectivity index (χ3n) is 5.18. The minimum absolute atomic E-state index is 0.129. The molecular weight excluding hydrogens is 406 g/mol. The third-order valence-corrected chi connectivity index (χ3v) is 6.72. The molecule has 6 nitrogen and oxygen atoms in total. The van der Waals surface area contributed by atoms with Crippen LogP contribution < -0.4 is 5.32 Å². The highest BCUT2D eigenvalue weighted by molar-refractivity contribution is 8.23. The number of hydrogen-bond donors (Lipinski definition) is 1. The van der Waals surface area contributed by atoms with Crippen LogP contribution in [0.3, 0.4) is 0 Å². The number of carbonyl (C=O) groups excluding carboxylic acids is 2. The molecule has 3 rings (SSSR count). The van der Waals surface area contributed by atoms with Gasteiger partial charge in [0.1, 0.15) is 4.32 Å². The zero-order valence-corrected chi connectivity index (χ0v) is 18.6. The maximum Gasteiger partial charge on any atom is 0.338 e. The predicted molar refractivity (Wildman–Crippen MR) is 120 cm³/mol. The summed E-state index contributed by atoms with van der Waals surface area (Å²) in [6.45, 7) is 5.77. The predicted octanol–water partition coefficient (Wildman–Crippen LogP) is 3.70. The molecule has 2 aliphatic rings. The van der Waals surface area contributed by atoms with Crippen molar-refractivity contribution >= 4 is 40.3 Å². The van der Waals surface area contributed by atoms with Crippen LogP contribution in [0, 0.1) is 0 Å². The third kappa shape index (κ3) is 4.75. The lowest BCUT2D eigenvalue weighted by Gasteiger charge is -2.37.